The van der Waals surface area contributed by atoms with E-state index in [2.05, 4.69) is 58.0 Å². The van der Waals surface area contributed by atoms with Crippen LogP contribution in [-0.4, -0.2) is 7.11 Å². The minimum absolute atomic E-state index is 0.533. The van der Waals surface area contributed by atoms with E-state index < -0.39 is 0 Å². The lowest BCUT2D eigenvalue weighted by Crippen LogP contribution is -2.02. The van der Waals surface area contributed by atoms with E-state index in [4.69, 9.17) is 4.74 Å². The summed E-state index contributed by atoms with van der Waals surface area (Å²) in [5.41, 5.74) is 10.0. The Hall–Kier alpha value is -1.60. The molecule has 0 bridgehead atoms. The van der Waals surface area contributed by atoms with Crippen LogP contribution in [0.2, 0.25) is 0 Å². The van der Waals surface area contributed by atoms with Crippen LogP contribution in [-0.2, 0) is 17.8 Å². The van der Waals surface area contributed by atoms with Crippen molar-refractivity contribution in [2.75, 3.05) is 7.11 Å². The molecule has 0 amide bonds. The number of benzene rings is 2. The molecular weight excluding hydrogens is 268 g/mol. The highest BCUT2D eigenvalue weighted by atomic mass is 16.5. The van der Waals surface area contributed by atoms with Crippen LogP contribution in [0.1, 0.15) is 67.3 Å². The molecule has 0 spiro atoms. The van der Waals surface area contributed by atoms with E-state index in [0.717, 1.165) is 6.42 Å². The van der Waals surface area contributed by atoms with Gasteiger partial charge in [0, 0.05) is 7.11 Å². The van der Waals surface area contributed by atoms with Gasteiger partial charge in [-0.25, -0.2) is 0 Å². The van der Waals surface area contributed by atoms with Gasteiger partial charge < -0.3 is 4.74 Å². The van der Waals surface area contributed by atoms with Gasteiger partial charge in [-0.3, -0.25) is 0 Å². The van der Waals surface area contributed by atoms with Crippen molar-refractivity contribution in [2.45, 2.75) is 52.6 Å². The summed E-state index contributed by atoms with van der Waals surface area (Å²) in [5, 5.41) is 0. The Bertz CT molecular complexity index is 695. The van der Waals surface area contributed by atoms with E-state index >= 15 is 0 Å². The summed E-state index contributed by atoms with van der Waals surface area (Å²) in [6.07, 6.45) is 1.05. The molecule has 0 aromatic heterocycles. The minimum atomic E-state index is 0.533. The highest BCUT2D eigenvalue weighted by Crippen LogP contribution is 2.41. The first-order chi connectivity index (χ1) is 10.5. The van der Waals surface area contributed by atoms with Gasteiger partial charge in [-0.15, -0.1) is 0 Å². The molecular formula is C21H26O. The lowest BCUT2D eigenvalue weighted by Gasteiger charge is -2.16. The first-order valence-corrected chi connectivity index (χ1v) is 8.29. The van der Waals surface area contributed by atoms with Crippen molar-refractivity contribution >= 4 is 0 Å². The Morgan fingerprint density at radius 1 is 0.955 bits per heavy atom. The summed E-state index contributed by atoms with van der Waals surface area (Å²) >= 11 is 0. The second kappa shape index (κ2) is 5.89. The number of rotatable bonds is 4. The normalized spacial score (nSPS) is 12.9. The Kier molecular flexibility index (Phi) is 4.10. The number of methoxy groups -OCH3 is 1. The molecule has 1 heteroatoms. The van der Waals surface area contributed by atoms with Crippen LogP contribution in [0.25, 0.3) is 11.1 Å². The topological polar surface area (TPSA) is 9.23 Å². The van der Waals surface area contributed by atoms with Crippen molar-refractivity contribution in [1.82, 2.24) is 0 Å². The zero-order valence-electron chi connectivity index (χ0n) is 14.4. The highest BCUT2D eigenvalue weighted by Gasteiger charge is 2.24. The summed E-state index contributed by atoms with van der Waals surface area (Å²) in [7, 11) is 1.79. The van der Waals surface area contributed by atoms with Crippen molar-refractivity contribution in [2.24, 2.45) is 0 Å². The first-order valence-electron chi connectivity index (χ1n) is 8.29. The molecule has 2 aromatic carbocycles. The van der Waals surface area contributed by atoms with Crippen molar-refractivity contribution in [1.29, 1.82) is 0 Å². The van der Waals surface area contributed by atoms with Gasteiger partial charge in [0.1, 0.15) is 0 Å². The molecule has 1 aliphatic rings. The minimum Gasteiger partial charge on any atom is -0.380 e. The van der Waals surface area contributed by atoms with Crippen LogP contribution in [0.15, 0.2) is 30.3 Å². The molecule has 2 aromatic rings. The van der Waals surface area contributed by atoms with Gasteiger partial charge in [-0.1, -0.05) is 58.0 Å². The van der Waals surface area contributed by atoms with E-state index in [1.54, 1.807) is 7.11 Å². The highest BCUT2D eigenvalue weighted by molar-refractivity contribution is 5.79. The molecule has 1 aliphatic carbocycles. The van der Waals surface area contributed by atoms with E-state index in [1.165, 1.54) is 38.9 Å². The molecule has 0 unspecified atom stereocenters. The van der Waals surface area contributed by atoms with E-state index in [9.17, 15) is 0 Å². The average Bonchev–Trinajstić information content (AvgIpc) is 2.85. The summed E-state index contributed by atoms with van der Waals surface area (Å²) < 4.78 is 5.50. The summed E-state index contributed by atoms with van der Waals surface area (Å²) in [5.74, 6) is 1.11. The van der Waals surface area contributed by atoms with Gasteiger partial charge in [0.15, 0.2) is 0 Å². The van der Waals surface area contributed by atoms with Gasteiger partial charge in [-0.05, 0) is 57.2 Å². The largest absolute Gasteiger partial charge is 0.380 e. The zero-order chi connectivity index (χ0) is 15.9. The van der Waals surface area contributed by atoms with Gasteiger partial charge in [-0.2, -0.15) is 0 Å². The molecule has 0 heterocycles. The Morgan fingerprint density at radius 3 is 2.32 bits per heavy atom. The molecule has 0 saturated heterocycles. The molecule has 0 saturated carbocycles. The third-order valence-electron chi connectivity index (χ3n) is 4.83. The SMILES string of the molecule is COCc1c(C(C)C)ccc2c1Cc1cc(C(C)C)ccc1-2. The second-order valence-corrected chi connectivity index (χ2v) is 7.00. The zero-order valence-corrected chi connectivity index (χ0v) is 14.4. The predicted molar refractivity (Wildman–Crippen MR) is 93.6 cm³/mol. The molecule has 0 atom stereocenters. The summed E-state index contributed by atoms with van der Waals surface area (Å²) in [6.45, 7) is 9.76. The van der Waals surface area contributed by atoms with Gasteiger partial charge >= 0.3 is 0 Å². The fraction of sp³-hybridized carbons (Fsp3) is 0.429. The third-order valence-corrected chi connectivity index (χ3v) is 4.83. The fourth-order valence-corrected chi connectivity index (χ4v) is 3.59. The van der Waals surface area contributed by atoms with Crippen molar-refractivity contribution in [3.8, 4) is 11.1 Å². The van der Waals surface area contributed by atoms with Crippen LogP contribution < -0.4 is 0 Å². The number of hydrogen-bond donors (Lipinski definition) is 0. The lowest BCUT2D eigenvalue weighted by molar-refractivity contribution is 0.183. The Balaban J connectivity index is 2.12. The molecule has 0 N–H and O–H groups in total. The molecule has 0 fully saturated rings. The number of fused-ring (bicyclic) bond motifs is 3. The third kappa shape index (κ3) is 2.48. The van der Waals surface area contributed by atoms with Crippen LogP contribution in [0.4, 0.5) is 0 Å². The van der Waals surface area contributed by atoms with E-state index in [1.807, 2.05) is 0 Å². The van der Waals surface area contributed by atoms with Gasteiger partial charge in [0.25, 0.3) is 0 Å². The maximum atomic E-state index is 5.50. The first kappa shape index (κ1) is 15.3. The monoisotopic (exact) mass is 294 g/mol. The summed E-state index contributed by atoms with van der Waals surface area (Å²) in [4.78, 5) is 0. The van der Waals surface area contributed by atoms with E-state index in [-0.39, 0.29) is 0 Å². The van der Waals surface area contributed by atoms with E-state index in [0.29, 0.717) is 18.4 Å². The molecule has 22 heavy (non-hydrogen) atoms. The molecule has 116 valence electrons. The van der Waals surface area contributed by atoms with Crippen LogP contribution in [0.5, 0.6) is 0 Å². The number of ether oxygens (including phenoxy) is 1. The quantitative estimate of drug-likeness (QED) is 0.604. The standard InChI is InChI=1S/C21H26O/c1-13(2)15-6-7-18-16(10-15)11-20-19(18)9-8-17(14(3)4)21(20)12-22-5/h6-10,13-14H,11-12H2,1-5H3. The predicted octanol–water partition coefficient (Wildman–Crippen LogP) is 5.65. The van der Waals surface area contributed by atoms with Crippen LogP contribution >= 0.6 is 0 Å². The molecule has 0 radical (unpaired) electrons. The van der Waals surface area contributed by atoms with Crippen molar-refractivity contribution < 1.29 is 4.74 Å². The maximum Gasteiger partial charge on any atom is 0.0718 e. The van der Waals surface area contributed by atoms with Crippen molar-refractivity contribution in [3.63, 3.8) is 0 Å². The molecule has 0 aliphatic heterocycles. The van der Waals surface area contributed by atoms with Gasteiger partial charge in [0.2, 0.25) is 0 Å². The molecule has 3 rings (SSSR count). The molecule has 1 nitrogen and oxygen atoms in total. The van der Waals surface area contributed by atoms with Crippen molar-refractivity contribution in [3.05, 3.63) is 58.1 Å². The lowest BCUT2D eigenvalue weighted by atomic mass is 9.91. The van der Waals surface area contributed by atoms with Crippen LogP contribution in [0, 0.1) is 0 Å². The Labute approximate surface area is 134 Å². The summed E-state index contributed by atoms with van der Waals surface area (Å²) in [6, 6.07) is 11.6. The Morgan fingerprint density at radius 2 is 1.68 bits per heavy atom. The van der Waals surface area contributed by atoms with Crippen LogP contribution in [0.3, 0.4) is 0 Å². The maximum absolute atomic E-state index is 5.50. The number of hydrogen-bond acceptors (Lipinski definition) is 1. The smallest absolute Gasteiger partial charge is 0.0718 e. The second-order valence-electron chi connectivity index (χ2n) is 7.00. The van der Waals surface area contributed by atoms with Gasteiger partial charge in [0.05, 0.1) is 6.61 Å². The average molecular weight is 294 g/mol. The fourth-order valence-electron chi connectivity index (χ4n) is 3.59.